The molecule has 0 radical (unpaired) electrons. The van der Waals surface area contributed by atoms with E-state index in [1.165, 1.54) is 7.11 Å². The largest absolute Gasteiger partial charge is 0.494 e. The average Bonchev–Trinajstić information content (AvgIpc) is 2.96. The van der Waals surface area contributed by atoms with E-state index in [0.717, 1.165) is 11.3 Å². The quantitative estimate of drug-likeness (QED) is 0.130. The second kappa shape index (κ2) is 12.2. The minimum absolute atomic E-state index is 0.262. The molecule has 4 rings (SSSR count). The zero-order valence-corrected chi connectivity index (χ0v) is 21.4. The minimum Gasteiger partial charge on any atom is -0.494 e. The van der Waals surface area contributed by atoms with Crippen LogP contribution in [0.2, 0.25) is 0 Å². The molecule has 0 saturated heterocycles. The van der Waals surface area contributed by atoms with Crippen molar-refractivity contribution in [2.45, 2.75) is 0 Å². The highest BCUT2D eigenvalue weighted by Crippen LogP contribution is 2.34. The van der Waals surface area contributed by atoms with E-state index < -0.39 is 5.97 Å². The van der Waals surface area contributed by atoms with Crippen molar-refractivity contribution in [1.82, 2.24) is 0 Å². The fourth-order valence-corrected chi connectivity index (χ4v) is 3.42. The highest BCUT2D eigenvalue weighted by Gasteiger charge is 2.15. The number of hydrogen-bond donors (Lipinski definition) is 0. The van der Waals surface area contributed by atoms with Gasteiger partial charge in [0, 0.05) is 19.8 Å². The summed E-state index contributed by atoms with van der Waals surface area (Å²) in [7, 11) is 5.47. The Hall–Kier alpha value is -5.11. The standard InChI is InChI=1S/C30H27N5O3/c1-5-21-11-17-29(26(19-21)33-32-24-13-15-25(16-14-24)35(2)3)38-30(36)22-12-18-28(37-4)27(20-22)34-31-23-9-7-6-8-10-23/h5-20H,1H2,2-4H3. The fraction of sp³-hybridized carbons (Fsp3) is 0.100. The van der Waals surface area contributed by atoms with Crippen LogP contribution in [0.1, 0.15) is 15.9 Å². The third-order valence-electron chi connectivity index (χ3n) is 5.50. The van der Waals surface area contributed by atoms with E-state index in [9.17, 15) is 4.79 Å². The van der Waals surface area contributed by atoms with E-state index >= 15 is 0 Å². The van der Waals surface area contributed by atoms with Crippen LogP contribution in [0.3, 0.4) is 0 Å². The van der Waals surface area contributed by atoms with E-state index in [1.807, 2.05) is 73.6 Å². The zero-order chi connectivity index (χ0) is 26.9. The van der Waals surface area contributed by atoms with Crippen molar-refractivity contribution in [3.63, 3.8) is 0 Å². The van der Waals surface area contributed by atoms with Gasteiger partial charge in [-0.3, -0.25) is 0 Å². The fourth-order valence-electron chi connectivity index (χ4n) is 3.42. The third-order valence-corrected chi connectivity index (χ3v) is 5.50. The van der Waals surface area contributed by atoms with Gasteiger partial charge in [0.15, 0.2) is 5.75 Å². The second-order valence-electron chi connectivity index (χ2n) is 8.35. The van der Waals surface area contributed by atoms with Gasteiger partial charge in [-0.05, 0) is 72.3 Å². The Labute approximate surface area is 221 Å². The SMILES string of the molecule is C=Cc1ccc(OC(=O)c2ccc(OC)c(N=Nc3ccccc3)c2)c(N=Nc2ccc(N(C)C)cc2)c1. The molecule has 0 aliphatic carbocycles. The average molecular weight is 506 g/mol. The van der Waals surface area contributed by atoms with Gasteiger partial charge in [-0.15, -0.1) is 10.2 Å². The van der Waals surface area contributed by atoms with Crippen molar-refractivity contribution in [3.05, 3.63) is 109 Å². The predicted molar refractivity (Wildman–Crippen MR) is 150 cm³/mol. The number of benzene rings is 4. The predicted octanol–water partition coefficient (Wildman–Crippen LogP) is 8.45. The van der Waals surface area contributed by atoms with Gasteiger partial charge < -0.3 is 14.4 Å². The Morgan fingerprint density at radius 1 is 0.763 bits per heavy atom. The second-order valence-corrected chi connectivity index (χ2v) is 8.35. The molecule has 8 heteroatoms. The maximum absolute atomic E-state index is 13.1. The Bertz CT molecular complexity index is 1480. The van der Waals surface area contributed by atoms with E-state index in [2.05, 4.69) is 27.0 Å². The molecule has 38 heavy (non-hydrogen) atoms. The number of azo groups is 2. The number of carbonyl (C=O) groups excluding carboxylic acids is 1. The Morgan fingerprint density at radius 2 is 1.39 bits per heavy atom. The van der Waals surface area contributed by atoms with Gasteiger partial charge in [0.05, 0.1) is 24.0 Å². The molecule has 0 aromatic heterocycles. The molecule has 0 saturated carbocycles. The van der Waals surface area contributed by atoms with Crippen LogP contribution in [0.5, 0.6) is 11.5 Å². The molecule has 0 amide bonds. The summed E-state index contributed by atoms with van der Waals surface area (Å²) in [4.78, 5) is 15.1. The highest BCUT2D eigenvalue weighted by molar-refractivity contribution is 5.93. The number of methoxy groups -OCH3 is 1. The molecule has 0 spiro atoms. The lowest BCUT2D eigenvalue weighted by atomic mass is 10.1. The first-order valence-corrected chi connectivity index (χ1v) is 11.8. The van der Waals surface area contributed by atoms with Crippen LogP contribution in [0.4, 0.5) is 28.4 Å². The maximum Gasteiger partial charge on any atom is 0.343 e. The van der Waals surface area contributed by atoms with Crippen molar-refractivity contribution in [2.75, 3.05) is 26.1 Å². The van der Waals surface area contributed by atoms with E-state index in [1.54, 1.807) is 42.5 Å². The number of anilines is 1. The number of rotatable bonds is 9. The molecule has 0 aliphatic heterocycles. The topological polar surface area (TPSA) is 88.2 Å². The summed E-state index contributed by atoms with van der Waals surface area (Å²) in [6, 6.07) is 26.9. The number of esters is 1. The van der Waals surface area contributed by atoms with Crippen LogP contribution in [0.25, 0.3) is 6.08 Å². The first kappa shape index (κ1) is 26.0. The van der Waals surface area contributed by atoms with Gasteiger partial charge in [-0.25, -0.2) is 4.79 Å². The van der Waals surface area contributed by atoms with E-state index in [-0.39, 0.29) is 11.3 Å². The summed E-state index contributed by atoms with van der Waals surface area (Å²) in [6.45, 7) is 3.80. The van der Waals surface area contributed by atoms with Crippen LogP contribution in [0, 0.1) is 0 Å². The highest BCUT2D eigenvalue weighted by atomic mass is 16.5. The van der Waals surface area contributed by atoms with Gasteiger partial charge >= 0.3 is 5.97 Å². The molecule has 4 aromatic rings. The zero-order valence-electron chi connectivity index (χ0n) is 21.4. The van der Waals surface area contributed by atoms with Gasteiger partial charge in [0.25, 0.3) is 0 Å². The lowest BCUT2D eigenvalue weighted by Gasteiger charge is -2.11. The Morgan fingerprint density at radius 3 is 2.03 bits per heavy atom. The molecule has 0 unspecified atom stereocenters. The number of nitrogens with zero attached hydrogens (tertiary/aromatic N) is 5. The molecule has 0 N–H and O–H groups in total. The summed E-state index contributed by atoms with van der Waals surface area (Å²) in [5.74, 6) is 0.158. The lowest BCUT2D eigenvalue weighted by Crippen LogP contribution is -2.08. The van der Waals surface area contributed by atoms with Crippen LogP contribution >= 0.6 is 0 Å². The van der Waals surface area contributed by atoms with Crippen molar-refractivity contribution in [1.29, 1.82) is 0 Å². The van der Waals surface area contributed by atoms with Crippen molar-refractivity contribution in [2.24, 2.45) is 20.5 Å². The van der Waals surface area contributed by atoms with Crippen LogP contribution in [-0.2, 0) is 0 Å². The minimum atomic E-state index is -0.582. The molecule has 0 aliphatic rings. The van der Waals surface area contributed by atoms with Gasteiger partial charge in [-0.1, -0.05) is 36.9 Å². The summed E-state index contributed by atoms with van der Waals surface area (Å²) in [5, 5.41) is 17.2. The van der Waals surface area contributed by atoms with Gasteiger partial charge in [-0.2, -0.15) is 10.2 Å². The van der Waals surface area contributed by atoms with Crippen molar-refractivity contribution >= 4 is 40.5 Å². The summed E-state index contributed by atoms with van der Waals surface area (Å²) >= 11 is 0. The third kappa shape index (κ3) is 6.55. The molecular weight excluding hydrogens is 478 g/mol. The summed E-state index contributed by atoms with van der Waals surface area (Å²) in [6.07, 6.45) is 1.68. The molecule has 0 fully saturated rings. The molecule has 0 heterocycles. The molecular formula is C30H27N5O3. The molecule has 4 aromatic carbocycles. The first-order chi connectivity index (χ1) is 18.5. The monoisotopic (exact) mass is 505 g/mol. The van der Waals surface area contributed by atoms with Gasteiger partial charge in [0.1, 0.15) is 17.1 Å². The Kier molecular flexibility index (Phi) is 8.35. The van der Waals surface area contributed by atoms with Crippen molar-refractivity contribution in [3.8, 4) is 11.5 Å². The number of hydrogen-bond acceptors (Lipinski definition) is 8. The van der Waals surface area contributed by atoms with Crippen LogP contribution in [-0.4, -0.2) is 27.2 Å². The van der Waals surface area contributed by atoms with E-state index in [4.69, 9.17) is 9.47 Å². The molecule has 8 nitrogen and oxygen atoms in total. The number of ether oxygens (including phenoxy) is 2. The van der Waals surface area contributed by atoms with E-state index in [0.29, 0.717) is 28.5 Å². The molecule has 0 bridgehead atoms. The maximum atomic E-state index is 13.1. The van der Waals surface area contributed by atoms with Crippen LogP contribution < -0.4 is 14.4 Å². The Balaban J connectivity index is 1.58. The molecule has 0 atom stereocenters. The van der Waals surface area contributed by atoms with Gasteiger partial charge in [0.2, 0.25) is 0 Å². The first-order valence-electron chi connectivity index (χ1n) is 11.8. The number of carbonyl (C=O) groups is 1. The molecule has 190 valence electrons. The lowest BCUT2D eigenvalue weighted by molar-refractivity contribution is 0.0735. The summed E-state index contributed by atoms with van der Waals surface area (Å²) < 4.78 is 11.1. The normalized spacial score (nSPS) is 11.0. The van der Waals surface area contributed by atoms with Crippen LogP contribution in [0.15, 0.2) is 118 Å². The smallest absolute Gasteiger partial charge is 0.343 e. The van der Waals surface area contributed by atoms with Crippen molar-refractivity contribution < 1.29 is 14.3 Å². The summed E-state index contributed by atoms with van der Waals surface area (Å²) in [5.41, 5.74) is 4.28.